The minimum Gasteiger partial charge on any atom is -0.368 e. The summed E-state index contributed by atoms with van der Waals surface area (Å²) in [5.41, 5.74) is 5.45. The second-order valence-electron chi connectivity index (χ2n) is 5.05. The van der Waals surface area contributed by atoms with E-state index in [1.165, 1.54) is 6.20 Å². The molecule has 1 aliphatic rings. The molecule has 18 heavy (non-hydrogen) atoms. The number of aromatic nitrogens is 2. The second kappa shape index (κ2) is 4.75. The van der Waals surface area contributed by atoms with E-state index in [9.17, 15) is 10.1 Å². The van der Waals surface area contributed by atoms with E-state index >= 15 is 0 Å². The van der Waals surface area contributed by atoms with Crippen LogP contribution in [0, 0.1) is 22.0 Å². The highest BCUT2D eigenvalue weighted by Crippen LogP contribution is 2.31. The van der Waals surface area contributed by atoms with Crippen molar-refractivity contribution in [3.8, 4) is 0 Å². The van der Waals surface area contributed by atoms with Crippen molar-refractivity contribution < 1.29 is 4.92 Å². The minimum absolute atomic E-state index is 0.0708. The molecule has 2 atom stereocenters. The fourth-order valence-corrected chi connectivity index (χ4v) is 2.58. The van der Waals surface area contributed by atoms with Crippen molar-refractivity contribution in [1.82, 2.24) is 9.97 Å². The largest absolute Gasteiger partial charge is 0.368 e. The van der Waals surface area contributed by atoms with Crippen LogP contribution in [0.2, 0.25) is 0 Å². The Balaban J connectivity index is 2.36. The topological polar surface area (TPSA) is 98.2 Å². The predicted octanol–water partition coefficient (Wildman–Crippen LogP) is 1.45. The Hall–Kier alpha value is -1.92. The van der Waals surface area contributed by atoms with E-state index in [-0.39, 0.29) is 11.6 Å². The summed E-state index contributed by atoms with van der Waals surface area (Å²) >= 11 is 0. The molecule has 1 aromatic heterocycles. The van der Waals surface area contributed by atoms with Gasteiger partial charge in [-0.3, -0.25) is 10.1 Å². The highest BCUT2D eigenvalue weighted by Gasteiger charge is 2.28. The number of hydrogen-bond acceptors (Lipinski definition) is 6. The Kier molecular flexibility index (Phi) is 3.31. The van der Waals surface area contributed by atoms with Crippen LogP contribution in [0.3, 0.4) is 0 Å². The molecule has 0 spiro atoms. The smallest absolute Gasteiger partial charge is 0.329 e. The van der Waals surface area contributed by atoms with Gasteiger partial charge in [0.25, 0.3) is 0 Å². The van der Waals surface area contributed by atoms with Crippen molar-refractivity contribution in [2.45, 2.75) is 20.3 Å². The molecule has 0 aliphatic carbocycles. The maximum absolute atomic E-state index is 11.0. The van der Waals surface area contributed by atoms with Crippen molar-refractivity contribution in [3.05, 3.63) is 16.3 Å². The summed E-state index contributed by atoms with van der Waals surface area (Å²) in [6.45, 7) is 5.81. The molecule has 0 amide bonds. The maximum atomic E-state index is 11.0. The molecular formula is C11H17N5O2. The monoisotopic (exact) mass is 251 g/mol. The Morgan fingerprint density at radius 3 is 2.61 bits per heavy atom. The fourth-order valence-electron chi connectivity index (χ4n) is 2.58. The van der Waals surface area contributed by atoms with Gasteiger partial charge >= 0.3 is 5.69 Å². The van der Waals surface area contributed by atoms with E-state index in [0.717, 1.165) is 19.5 Å². The summed E-state index contributed by atoms with van der Waals surface area (Å²) in [6.07, 6.45) is 2.31. The number of nitrogens with zero attached hydrogens (tertiary/aromatic N) is 4. The van der Waals surface area contributed by atoms with Crippen molar-refractivity contribution in [1.29, 1.82) is 0 Å². The molecule has 0 radical (unpaired) electrons. The highest BCUT2D eigenvalue weighted by molar-refractivity contribution is 5.58. The third kappa shape index (κ3) is 2.49. The molecule has 98 valence electrons. The van der Waals surface area contributed by atoms with E-state index in [1.807, 2.05) is 4.90 Å². The van der Waals surface area contributed by atoms with Crippen LogP contribution in [0.1, 0.15) is 20.3 Å². The van der Waals surface area contributed by atoms with Crippen LogP contribution < -0.4 is 10.6 Å². The van der Waals surface area contributed by atoms with Gasteiger partial charge in [-0.05, 0) is 18.3 Å². The first-order chi connectivity index (χ1) is 8.47. The summed E-state index contributed by atoms with van der Waals surface area (Å²) in [6, 6.07) is 0. The van der Waals surface area contributed by atoms with Gasteiger partial charge in [0.15, 0.2) is 0 Å². The van der Waals surface area contributed by atoms with Crippen molar-refractivity contribution in [2.75, 3.05) is 23.7 Å². The lowest BCUT2D eigenvalue weighted by Gasteiger charge is -2.35. The Morgan fingerprint density at radius 1 is 1.44 bits per heavy atom. The van der Waals surface area contributed by atoms with Gasteiger partial charge in [-0.25, -0.2) is 4.98 Å². The van der Waals surface area contributed by atoms with Gasteiger partial charge in [-0.1, -0.05) is 13.8 Å². The van der Waals surface area contributed by atoms with Crippen molar-refractivity contribution >= 4 is 17.5 Å². The van der Waals surface area contributed by atoms with Crippen LogP contribution in [0.15, 0.2) is 6.20 Å². The van der Waals surface area contributed by atoms with E-state index < -0.39 is 4.92 Å². The van der Waals surface area contributed by atoms with Crippen molar-refractivity contribution in [3.63, 3.8) is 0 Å². The zero-order valence-electron chi connectivity index (χ0n) is 10.5. The molecule has 1 aromatic rings. The van der Waals surface area contributed by atoms with Crippen LogP contribution >= 0.6 is 0 Å². The van der Waals surface area contributed by atoms with Gasteiger partial charge in [0.2, 0.25) is 11.8 Å². The van der Waals surface area contributed by atoms with E-state index in [0.29, 0.717) is 17.7 Å². The third-order valence-electron chi connectivity index (χ3n) is 3.13. The average molecular weight is 251 g/mol. The Bertz CT molecular complexity index is 455. The standard InChI is InChI=1S/C11H17N5O2/c1-7-3-8(2)6-15(5-7)10-9(16(17)18)4-13-11(12)14-10/h4,7-8H,3,5-6H2,1-2H3,(H2,12,13,14)/t7-,8-/m1/s1. The molecule has 2 N–H and O–H groups in total. The molecule has 2 rings (SSSR count). The number of nitrogen functional groups attached to an aromatic ring is 1. The molecule has 0 aromatic carbocycles. The van der Waals surface area contributed by atoms with Crippen LogP contribution in [0.5, 0.6) is 0 Å². The van der Waals surface area contributed by atoms with Gasteiger partial charge in [0, 0.05) is 13.1 Å². The lowest BCUT2D eigenvalue weighted by atomic mass is 9.92. The second-order valence-corrected chi connectivity index (χ2v) is 5.05. The van der Waals surface area contributed by atoms with Crippen LogP contribution in [0.25, 0.3) is 0 Å². The molecular weight excluding hydrogens is 234 g/mol. The summed E-state index contributed by atoms with van der Waals surface area (Å²) in [5.74, 6) is 1.39. The summed E-state index contributed by atoms with van der Waals surface area (Å²) in [4.78, 5) is 20.2. The molecule has 1 fully saturated rings. The van der Waals surface area contributed by atoms with Gasteiger partial charge in [0.1, 0.15) is 6.20 Å². The molecule has 0 unspecified atom stereocenters. The normalized spacial score (nSPS) is 24.0. The zero-order valence-corrected chi connectivity index (χ0v) is 10.5. The first kappa shape index (κ1) is 12.5. The average Bonchev–Trinajstić information content (AvgIpc) is 2.27. The molecule has 0 bridgehead atoms. The van der Waals surface area contributed by atoms with E-state index in [2.05, 4.69) is 23.8 Å². The lowest BCUT2D eigenvalue weighted by Crippen LogP contribution is -2.39. The molecule has 2 heterocycles. The Morgan fingerprint density at radius 2 is 2.06 bits per heavy atom. The van der Waals surface area contributed by atoms with Crippen LogP contribution in [-0.2, 0) is 0 Å². The summed E-state index contributed by atoms with van der Waals surface area (Å²) < 4.78 is 0. The summed E-state index contributed by atoms with van der Waals surface area (Å²) in [7, 11) is 0. The molecule has 1 aliphatic heterocycles. The lowest BCUT2D eigenvalue weighted by molar-refractivity contribution is -0.384. The van der Waals surface area contributed by atoms with E-state index in [4.69, 9.17) is 5.73 Å². The zero-order chi connectivity index (χ0) is 13.3. The molecule has 1 saturated heterocycles. The van der Waals surface area contributed by atoms with Crippen LogP contribution in [-0.4, -0.2) is 28.0 Å². The quantitative estimate of drug-likeness (QED) is 0.631. The molecule has 7 nitrogen and oxygen atoms in total. The first-order valence-electron chi connectivity index (χ1n) is 5.99. The van der Waals surface area contributed by atoms with Crippen LogP contribution in [0.4, 0.5) is 17.5 Å². The molecule has 0 saturated carbocycles. The first-order valence-corrected chi connectivity index (χ1v) is 5.99. The number of anilines is 2. The molecule has 7 heteroatoms. The number of hydrogen-bond donors (Lipinski definition) is 1. The Labute approximate surface area is 105 Å². The van der Waals surface area contributed by atoms with Gasteiger partial charge in [-0.2, -0.15) is 4.98 Å². The third-order valence-corrected chi connectivity index (χ3v) is 3.13. The minimum atomic E-state index is -0.460. The van der Waals surface area contributed by atoms with Gasteiger partial charge in [-0.15, -0.1) is 0 Å². The maximum Gasteiger partial charge on any atom is 0.329 e. The van der Waals surface area contributed by atoms with Gasteiger partial charge in [0.05, 0.1) is 4.92 Å². The highest BCUT2D eigenvalue weighted by atomic mass is 16.6. The number of rotatable bonds is 2. The number of piperidine rings is 1. The fraction of sp³-hybridized carbons (Fsp3) is 0.636. The number of nitro groups is 1. The SMILES string of the molecule is C[C@@H]1C[C@@H](C)CN(c2nc(N)ncc2[N+](=O)[O-])C1. The predicted molar refractivity (Wildman–Crippen MR) is 68.3 cm³/mol. The van der Waals surface area contributed by atoms with Gasteiger partial charge < -0.3 is 10.6 Å². The van der Waals surface area contributed by atoms with E-state index in [1.54, 1.807) is 0 Å². The number of nitrogens with two attached hydrogens (primary N) is 1. The summed E-state index contributed by atoms with van der Waals surface area (Å²) in [5, 5.41) is 11.0. The van der Waals surface area contributed by atoms with Crippen molar-refractivity contribution in [2.24, 2.45) is 11.8 Å².